The van der Waals surface area contributed by atoms with E-state index >= 15 is 0 Å². The monoisotopic (exact) mass is 312 g/mol. The van der Waals surface area contributed by atoms with Crippen LogP contribution in [0.2, 0.25) is 0 Å². The van der Waals surface area contributed by atoms with Crippen molar-refractivity contribution in [3.05, 3.63) is 0 Å². The molecule has 1 unspecified atom stereocenters. The van der Waals surface area contributed by atoms with E-state index < -0.39 is 5.54 Å². The molecule has 128 valence electrons. The molecule has 1 atom stereocenters. The maximum atomic E-state index is 12.3. The summed E-state index contributed by atoms with van der Waals surface area (Å²) in [7, 11) is 1.90. The van der Waals surface area contributed by atoms with Gasteiger partial charge in [-0.05, 0) is 39.2 Å². The maximum absolute atomic E-state index is 12.3. The number of likely N-dealkylation sites (tertiary alicyclic amines) is 1. The van der Waals surface area contributed by atoms with Gasteiger partial charge in [0.2, 0.25) is 11.8 Å². The van der Waals surface area contributed by atoms with Crippen molar-refractivity contribution in [1.82, 2.24) is 15.1 Å². The summed E-state index contributed by atoms with van der Waals surface area (Å²) >= 11 is 0. The van der Waals surface area contributed by atoms with E-state index in [1.165, 1.54) is 0 Å². The first kappa shape index (κ1) is 18.9. The number of carbonyl (C=O) groups excluding carboxylic acids is 2. The summed E-state index contributed by atoms with van der Waals surface area (Å²) < 4.78 is 0. The zero-order valence-electron chi connectivity index (χ0n) is 14.7. The second kappa shape index (κ2) is 7.92. The lowest BCUT2D eigenvalue weighted by molar-refractivity contribution is -0.131. The van der Waals surface area contributed by atoms with Gasteiger partial charge in [-0.15, -0.1) is 0 Å². The fourth-order valence-corrected chi connectivity index (χ4v) is 2.56. The van der Waals surface area contributed by atoms with E-state index in [1.807, 2.05) is 16.8 Å². The summed E-state index contributed by atoms with van der Waals surface area (Å²) in [4.78, 5) is 27.8. The Balaban J connectivity index is 2.26. The molecule has 1 aliphatic heterocycles. The minimum absolute atomic E-state index is 0.174. The molecule has 1 fully saturated rings. The van der Waals surface area contributed by atoms with Crippen LogP contribution in [0.25, 0.3) is 0 Å². The average Bonchev–Trinajstić information content (AvgIpc) is 2.87. The van der Waals surface area contributed by atoms with E-state index in [4.69, 9.17) is 5.73 Å². The van der Waals surface area contributed by atoms with Gasteiger partial charge in [0.15, 0.2) is 0 Å². The van der Waals surface area contributed by atoms with Gasteiger partial charge in [0.25, 0.3) is 0 Å². The predicted molar refractivity (Wildman–Crippen MR) is 88.3 cm³/mol. The Morgan fingerprint density at radius 3 is 2.55 bits per heavy atom. The Kier molecular flexibility index (Phi) is 6.81. The number of nitrogens with two attached hydrogens (primary N) is 1. The van der Waals surface area contributed by atoms with Gasteiger partial charge in [0.1, 0.15) is 0 Å². The summed E-state index contributed by atoms with van der Waals surface area (Å²) in [5.41, 5.74) is 4.84. The normalized spacial score (nSPS) is 19.1. The number of nitrogens with one attached hydrogen (secondary N) is 1. The largest absolute Gasteiger partial charge is 0.353 e. The van der Waals surface area contributed by atoms with Crippen molar-refractivity contribution in [2.75, 3.05) is 39.8 Å². The third kappa shape index (κ3) is 5.93. The van der Waals surface area contributed by atoms with Crippen LogP contribution < -0.4 is 11.1 Å². The van der Waals surface area contributed by atoms with Gasteiger partial charge in [-0.25, -0.2) is 0 Å². The van der Waals surface area contributed by atoms with Crippen molar-refractivity contribution in [3.63, 3.8) is 0 Å². The smallest absolute Gasteiger partial charge is 0.239 e. The predicted octanol–water partition coefficient (Wildman–Crippen LogP) is 0.276. The first-order valence-corrected chi connectivity index (χ1v) is 8.14. The number of hydrogen-bond donors (Lipinski definition) is 2. The molecule has 6 heteroatoms. The molecule has 3 N–H and O–H groups in total. The third-order valence-corrected chi connectivity index (χ3v) is 4.29. The van der Waals surface area contributed by atoms with Crippen LogP contribution in [0.15, 0.2) is 0 Å². The molecule has 0 radical (unpaired) electrons. The van der Waals surface area contributed by atoms with E-state index in [0.29, 0.717) is 31.5 Å². The molecule has 1 heterocycles. The van der Waals surface area contributed by atoms with Gasteiger partial charge in [-0.1, -0.05) is 13.8 Å². The van der Waals surface area contributed by atoms with Crippen molar-refractivity contribution in [1.29, 1.82) is 0 Å². The molecule has 2 amide bonds. The zero-order chi connectivity index (χ0) is 16.9. The average molecular weight is 312 g/mol. The molecule has 0 aromatic rings. The van der Waals surface area contributed by atoms with Crippen LogP contribution in [0.5, 0.6) is 0 Å². The highest BCUT2D eigenvalue weighted by Gasteiger charge is 2.28. The molecular weight excluding hydrogens is 280 g/mol. The van der Waals surface area contributed by atoms with Crippen molar-refractivity contribution in [2.24, 2.45) is 17.6 Å². The van der Waals surface area contributed by atoms with Gasteiger partial charge in [-0.3, -0.25) is 14.5 Å². The van der Waals surface area contributed by atoms with Crippen molar-refractivity contribution >= 4 is 11.8 Å². The summed E-state index contributed by atoms with van der Waals surface area (Å²) in [6.07, 6.45) is 1.11. The van der Waals surface area contributed by atoms with E-state index in [1.54, 1.807) is 13.8 Å². The summed E-state index contributed by atoms with van der Waals surface area (Å²) in [5, 5.41) is 2.79. The number of hydrogen-bond acceptors (Lipinski definition) is 4. The van der Waals surface area contributed by atoms with Crippen molar-refractivity contribution in [3.8, 4) is 0 Å². The molecule has 0 aromatic carbocycles. The van der Waals surface area contributed by atoms with Crippen LogP contribution in [0.3, 0.4) is 0 Å². The Hall–Kier alpha value is -1.14. The number of carbonyl (C=O) groups is 2. The van der Waals surface area contributed by atoms with Crippen LogP contribution in [0.4, 0.5) is 0 Å². The summed E-state index contributed by atoms with van der Waals surface area (Å²) in [6, 6.07) is 0. The van der Waals surface area contributed by atoms with Gasteiger partial charge in [0, 0.05) is 26.2 Å². The Labute approximate surface area is 134 Å². The second-order valence-electron chi connectivity index (χ2n) is 7.35. The molecule has 1 saturated heterocycles. The van der Waals surface area contributed by atoms with Crippen LogP contribution in [0, 0.1) is 11.8 Å². The van der Waals surface area contributed by atoms with Crippen LogP contribution in [0.1, 0.15) is 34.1 Å². The fraction of sp³-hybridized carbons (Fsp3) is 0.875. The lowest BCUT2D eigenvalue weighted by atomic mass is 9.95. The Morgan fingerprint density at radius 1 is 1.41 bits per heavy atom. The van der Waals surface area contributed by atoms with Crippen LogP contribution >= 0.6 is 0 Å². The summed E-state index contributed by atoms with van der Waals surface area (Å²) in [6.45, 7) is 11.1. The second-order valence-corrected chi connectivity index (χ2v) is 7.35. The molecule has 0 saturated carbocycles. The fourth-order valence-electron chi connectivity index (χ4n) is 2.56. The van der Waals surface area contributed by atoms with E-state index in [0.717, 1.165) is 19.5 Å². The number of rotatable bonds is 7. The number of likely N-dealkylation sites (N-methyl/N-ethyl adjacent to an activating group) is 1. The van der Waals surface area contributed by atoms with E-state index in [-0.39, 0.29) is 11.8 Å². The minimum Gasteiger partial charge on any atom is -0.353 e. The standard InChI is InChI=1S/C16H32N4O2/c1-12(2)13-6-8-20(10-13)14(21)11-19(5)9-7-18-15(22)16(3,4)17/h12-13H,6-11,17H2,1-5H3,(H,18,22). The molecule has 0 spiro atoms. The van der Waals surface area contributed by atoms with Gasteiger partial charge in [-0.2, -0.15) is 0 Å². The zero-order valence-corrected chi connectivity index (χ0v) is 14.7. The number of nitrogens with zero attached hydrogens (tertiary/aromatic N) is 2. The molecule has 6 nitrogen and oxygen atoms in total. The highest BCUT2D eigenvalue weighted by Crippen LogP contribution is 2.23. The third-order valence-electron chi connectivity index (χ3n) is 4.29. The highest BCUT2D eigenvalue weighted by atomic mass is 16.2. The minimum atomic E-state index is -0.865. The van der Waals surface area contributed by atoms with Crippen molar-refractivity contribution < 1.29 is 9.59 Å². The van der Waals surface area contributed by atoms with Crippen LogP contribution in [-0.2, 0) is 9.59 Å². The first-order chi connectivity index (χ1) is 10.1. The molecule has 22 heavy (non-hydrogen) atoms. The van der Waals surface area contributed by atoms with Gasteiger partial charge < -0.3 is 16.0 Å². The Bertz CT molecular complexity index is 390. The molecule has 0 bridgehead atoms. The highest BCUT2D eigenvalue weighted by molar-refractivity contribution is 5.85. The van der Waals surface area contributed by atoms with Crippen molar-refractivity contribution in [2.45, 2.75) is 39.7 Å². The molecular formula is C16H32N4O2. The van der Waals surface area contributed by atoms with E-state index in [2.05, 4.69) is 19.2 Å². The topological polar surface area (TPSA) is 78.7 Å². The molecule has 0 aliphatic carbocycles. The number of amides is 2. The summed E-state index contributed by atoms with van der Waals surface area (Å²) in [5.74, 6) is 1.26. The van der Waals surface area contributed by atoms with E-state index in [9.17, 15) is 9.59 Å². The first-order valence-electron chi connectivity index (χ1n) is 8.14. The molecule has 0 aromatic heterocycles. The maximum Gasteiger partial charge on any atom is 0.239 e. The molecule has 1 aliphatic rings. The lowest BCUT2D eigenvalue weighted by Crippen LogP contribution is -2.50. The van der Waals surface area contributed by atoms with Gasteiger partial charge in [0.05, 0.1) is 12.1 Å². The lowest BCUT2D eigenvalue weighted by Gasteiger charge is -2.23. The van der Waals surface area contributed by atoms with Gasteiger partial charge >= 0.3 is 0 Å². The SMILES string of the molecule is CC(C)C1CCN(C(=O)CN(C)CCNC(=O)C(C)(C)N)C1. The quantitative estimate of drug-likeness (QED) is 0.707. The Morgan fingerprint density at radius 2 is 2.05 bits per heavy atom. The molecule has 1 rings (SSSR count). The van der Waals surface area contributed by atoms with Crippen LogP contribution in [-0.4, -0.2) is 66.9 Å².